The summed E-state index contributed by atoms with van der Waals surface area (Å²) in [6.45, 7) is 8.08. The zero-order valence-corrected chi connectivity index (χ0v) is 17.6. The number of amides is 1. The lowest BCUT2D eigenvalue weighted by Gasteiger charge is -2.26. The molecule has 0 aliphatic carbocycles. The molecule has 148 valence electrons. The normalized spacial score (nSPS) is 11.9. The van der Waals surface area contributed by atoms with Gasteiger partial charge < -0.3 is 14.5 Å². The molecule has 0 atom stereocenters. The molecule has 0 spiro atoms. The highest BCUT2D eigenvalue weighted by Crippen LogP contribution is 2.32. The minimum Gasteiger partial charge on any atom is -0.459 e. The largest absolute Gasteiger partial charge is 0.459 e. The number of nitrogens with zero attached hydrogens (tertiary/aromatic N) is 2. The van der Waals surface area contributed by atoms with Gasteiger partial charge in [-0.15, -0.1) is 11.3 Å². The SMILES string of the molecule is Cc1c(C(=O)N(CCN(C)C)CC(=O)OC(C)(C)C)sc2ccc(F)cc12. The first-order valence-electron chi connectivity index (χ1n) is 8.82. The van der Waals surface area contributed by atoms with Crippen LogP contribution in [0.4, 0.5) is 4.39 Å². The number of esters is 1. The Bertz CT molecular complexity index is 840. The number of carbonyl (C=O) groups excluding carboxylic acids is 2. The number of halogens is 1. The van der Waals surface area contributed by atoms with Gasteiger partial charge in [-0.2, -0.15) is 0 Å². The first-order chi connectivity index (χ1) is 12.5. The van der Waals surface area contributed by atoms with Gasteiger partial charge in [0.15, 0.2) is 0 Å². The number of thiophene rings is 1. The van der Waals surface area contributed by atoms with Crippen LogP contribution in [0.1, 0.15) is 36.0 Å². The van der Waals surface area contributed by atoms with Crippen LogP contribution in [0.3, 0.4) is 0 Å². The molecule has 0 saturated heterocycles. The van der Waals surface area contributed by atoms with Crippen LogP contribution in [0.15, 0.2) is 18.2 Å². The summed E-state index contributed by atoms with van der Waals surface area (Å²) in [4.78, 5) is 29.4. The average Bonchev–Trinajstić information content (AvgIpc) is 2.85. The zero-order chi connectivity index (χ0) is 20.4. The zero-order valence-electron chi connectivity index (χ0n) is 16.8. The van der Waals surface area contributed by atoms with Gasteiger partial charge in [0.1, 0.15) is 18.0 Å². The van der Waals surface area contributed by atoms with Gasteiger partial charge in [0.2, 0.25) is 0 Å². The Morgan fingerprint density at radius 1 is 1.19 bits per heavy atom. The molecule has 2 aromatic rings. The molecule has 0 fully saturated rings. The van der Waals surface area contributed by atoms with Crippen LogP contribution in [0.5, 0.6) is 0 Å². The van der Waals surface area contributed by atoms with Crippen molar-refractivity contribution in [1.82, 2.24) is 9.80 Å². The minimum atomic E-state index is -0.613. The Hall–Kier alpha value is -1.99. The number of fused-ring (bicyclic) bond motifs is 1. The Morgan fingerprint density at radius 2 is 1.85 bits per heavy atom. The molecule has 27 heavy (non-hydrogen) atoms. The highest BCUT2D eigenvalue weighted by molar-refractivity contribution is 7.21. The number of hydrogen-bond donors (Lipinski definition) is 0. The van der Waals surface area contributed by atoms with Crippen LogP contribution >= 0.6 is 11.3 Å². The fourth-order valence-corrected chi connectivity index (χ4v) is 3.80. The summed E-state index contributed by atoms with van der Waals surface area (Å²) in [7, 11) is 3.81. The molecule has 1 amide bonds. The molecule has 0 aliphatic rings. The van der Waals surface area contributed by atoms with Gasteiger partial charge in [0.25, 0.3) is 5.91 Å². The molecule has 1 aromatic heterocycles. The number of aryl methyl sites for hydroxylation is 1. The highest BCUT2D eigenvalue weighted by atomic mass is 32.1. The van der Waals surface area contributed by atoms with Crippen LogP contribution < -0.4 is 0 Å². The first kappa shape index (κ1) is 21.3. The molecule has 0 aliphatic heterocycles. The Morgan fingerprint density at radius 3 is 2.44 bits per heavy atom. The fraction of sp³-hybridized carbons (Fsp3) is 0.500. The number of hydrogen-bond acceptors (Lipinski definition) is 5. The molecule has 5 nitrogen and oxygen atoms in total. The van der Waals surface area contributed by atoms with Crippen molar-refractivity contribution in [3.8, 4) is 0 Å². The molecule has 0 N–H and O–H groups in total. The molecular weight excluding hydrogens is 367 g/mol. The van der Waals surface area contributed by atoms with Crippen molar-refractivity contribution in [3.63, 3.8) is 0 Å². The highest BCUT2D eigenvalue weighted by Gasteiger charge is 2.26. The van der Waals surface area contributed by atoms with Crippen molar-refractivity contribution in [2.24, 2.45) is 0 Å². The standard InChI is InChI=1S/C20H27FN2O3S/c1-13-15-11-14(21)7-8-16(15)27-18(13)19(25)23(10-9-22(5)6)12-17(24)26-20(2,3)4/h7-8,11H,9-10,12H2,1-6H3. The lowest BCUT2D eigenvalue weighted by atomic mass is 10.1. The maximum atomic E-state index is 13.6. The van der Waals surface area contributed by atoms with Crippen molar-refractivity contribution in [3.05, 3.63) is 34.5 Å². The van der Waals surface area contributed by atoms with Crippen molar-refractivity contribution in [2.75, 3.05) is 33.7 Å². The second kappa shape index (κ2) is 8.35. The summed E-state index contributed by atoms with van der Waals surface area (Å²) in [5.74, 6) is -1.01. The van der Waals surface area contributed by atoms with Gasteiger partial charge in [-0.25, -0.2) is 4.39 Å². The lowest BCUT2D eigenvalue weighted by Crippen LogP contribution is -2.41. The number of carbonyl (C=O) groups is 2. The molecule has 1 aromatic carbocycles. The van der Waals surface area contributed by atoms with E-state index < -0.39 is 11.6 Å². The van der Waals surface area contributed by atoms with Gasteiger partial charge in [-0.05, 0) is 70.9 Å². The van der Waals surface area contributed by atoms with E-state index in [1.807, 2.05) is 25.9 Å². The minimum absolute atomic E-state index is 0.119. The molecule has 0 saturated carbocycles. The van der Waals surface area contributed by atoms with E-state index in [0.29, 0.717) is 18.0 Å². The Balaban J connectivity index is 2.30. The fourth-order valence-electron chi connectivity index (χ4n) is 2.64. The maximum Gasteiger partial charge on any atom is 0.326 e. The monoisotopic (exact) mass is 394 g/mol. The van der Waals surface area contributed by atoms with Gasteiger partial charge in [0.05, 0.1) is 4.88 Å². The lowest BCUT2D eigenvalue weighted by molar-refractivity contribution is -0.155. The molecular formula is C20H27FN2O3S. The summed E-state index contributed by atoms with van der Waals surface area (Å²) in [6.07, 6.45) is 0. The second-order valence-electron chi connectivity index (χ2n) is 7.81. The number of rotatable bonds is 6. The van der Waals surface area contributed by atoms with E-state index in [-0.39, 0.29) is 18.3 Å². The molecule has 0 unspecified atom stereocenters. The van der Waals surface area contributed by atoms with Crippen molar-refractivity contribution in [1.29, 1.82) is 0 Å². The number of likely N-dealkylation sites (N-methyl/N-ethyl adjacent to an activating group) is 1. The van der Waals surface area contributed by atoms with E-state index in [4.69, 9.17) is 4.74 Å². The van der Waals surface area contributed by atoms with E-state index in [1.165, 1.54) is 28.4 Å². The third-order valence-corrected chi connectivity index (χ3v) is 5.20. The summed E-state index contributed by atoms with van der Waals surface area (Å²) >= 11 is 1.32. The Labute approximate surface area is 163 Å². The van der Waals surface area contributed by atoms with Crippen LogP contribution in [-0.2, 0) is 9.53 Å². The van der Waals surface area contributed by atoms with E-state index >= 15 is 0 Å². The molecule has 7 heteroatoms. The summed E-state index contributed by atoms with van der Waals surface area (Å²) < 4.78 is 19.8. The van der Waals surface area contributed by atoms with Crippen LogP contribution in [0, 0.1) is 12.7 Å². The molecule has 0 radical (unpaired) electrons. The molecule has 0 bridgehead atoms. The van der Waals surface area contributed by atoms with Crippen molar-refractivity contribution in [2.45, 2.75) is 33.3 Å². The second-order valence-corrected chi connectivity index (χ2v) is 8.87. The maximum absolute atomic E-state index is 13.6. The van der Waals surface area contributed by atoms with Crippen LogP contribution in [-0.4, -0.2) is 61.0 Å². The van der Waals surface area contributed by atoms with E-state index in [9.17, 15) is 14.0 Å². The first-order valence-corrected chi connectivity index (χ1v) is 9.64. The summed E-state index contributed by atoms with van der Waals surface area (Å²) in [6, 6.07) is 4.50. The van der Waals surface area contributed by atoms with Crippen LogP contribution in [0.2, 0.25) is 0 Å². The molecule has 2 rings (SSSR count). The smallest absolute Gasteiger partial charge is 0.326 e. The van der Waals surface area contributed by atoms with Crippen molar-refractivity contribution >= 4 is 33.3 Å². The van der Waals surface area contributed by atoms with E-state index in [1.54, 1.807) is 26.8 Å². The third kappa shape index (κ3) is 5.74. The van der Waals surface area contributed by atoms with E-state index in [2.05, 4.69) is 0 Å². The van der Waals surface area contributed by atoms with E-state index in [0.717, 1.165) is 15.6 Å². The van der Waals surface area contributed by atoms with Gasteiger partial charge >= 0.3 is 5.97 Å². The molecule has 1 heterocycles. The average molecular weight is 395 g/mol. The van der Waals surface area contributed by atoms with Gasteiger partial charge in [-0.1, -0.05) is 0 Å². The Kier molecular flexibility index (Phi) is 6.59. The summed E-state index contributed by atoms with van der Waals surface area (Å²) in [5, 5.41) is 0.730. The predicted molar refractivity (Wildman–Crippen MR) is 107 cm³/mol. The summed E-state index contributed by atoms with van der Waals surface area (Å²) in [5.41, 5.74) is 0.122. The quantitative estimate of drug-likeness (QED) is 0.701. The van der Waals surface area contributed by atoms with Gasteiger partial charge in [-0.3, -0.25) is 9.59 Å². The topological polar surface area (TPSA) is 49.9 Å². The van der Waals surface area contributed by atoms with Crippen LogP contribution in [0.25, 0.3) is 10.1 Å². The third-order valence-electron chi connectivity index (χ3n) is 3.94. The predicted octanol–water partition coefficient (Wildman–Crippen LogP) is 3.69. The number of ether oxygens (including phenoxy) is 1. The van der Waals surface area contributed by atoms with Crippen molar-refractivity contribution < 1.29 is 18.7 Å². The van der Waals surface area contributed by atoms with Gasteiger partial charge in [0, 0.05) is 17.8 Å². The number of benzene rings is 1.